The van der Waals surface area contributed by atoms with Gasteiger partial charge in [-0.15, -0.1) is 0 Å². The van der Waals surface area contributed by atoms with Crippen LogP contribution < -0.4 is 0 Å². The van der Waals surface area contributed by atoms with Crippen molar-refractivity contribution in [1.29, 1.82) is 0 Å². The van der Waals surface area contributed by atoms with Crippen LogP contribution in [0.1, 0.15) is 27.0 Å². The van der Waals surface area contributed by atoms with Crippen LogP contribution in [0.4, 0.5) is 22.0 Å². The minimum absolute atomic E-state index is 0.0304. The zero-order valence-electron chi connectivity index (χ0n) is 15.9. The number of rotatable bonds is 3. The van der Waals surface area contributed by atoms with Crippen LogP contribution in [-0.4, -0.2) is 16.6 Å². The maximum Gasteiger partial charge on any atom is 0.422 e. The van der Waals surface area contributed by atoms with E-state index in [2.05, 4.69) is 10.3 Å². The highest BCUT2D eigenvalue weighted by molar-refractivity contribution is 5.83. The third-order valence-electron chi connectivity index (χ3n) is 5.24. The van der Waals surface area contributed by atoms with Crippen LogP contribution in [-0.2, 0) is 18.5 Å². The second kappa shape index (κ2) is 6.84. The lowest BCUT2D eigenvalue weighted by molar-refractivity contribution is -0.136. The molecule has 0 radical (unpaired) electrons. The van der Waals surface area contributed by atoms with Gasteiger partial charge in [0.1, 0.15) is 17.5 Å². The van der Waals surface area contributed by atoms with Crippen molar-refractivity contribution in [3.05, 3.63) is 70.8 Å². The molecule has 2 aromatic heterocycles. The normalized spacial score (nSPS) is 14.7. The molecule has 5 nitrogen and oxygen atoms in total. The van der Waals surface area contributed by atoms with Crippen molar-refractivity contribution >= 4 is 6.29 Å². The van der Waals surface area contributed by atoms with Crippen LogP contribution >= 0.6 is 0 Å². The molecule has 0 unspecified atom stereocenters. The minimum Gasteiger partial charge on any atom is -0.355 e. The average molecular weight is 446 g/mol. The Hall–Kier alpha value is -3.82. The number of hydrogen-bond acceptors (Lipinski definition) is 5. The lowest BCUT2D eigenvalue weighted by atomic mass is 9.84. The summed E-state index contributed by atoms with van der Waals surface area (Å²) in [4.78, 5) is 11.0. The first kappa shape index (κ1) is 20.1. The van der Waals surface area contributed by atoms with Gasteiger partial charge < -0.3 is 9.05 Å². The molecule has 1 aliphatic rings. The van der Waals surface area contributed by atoms with E-state index in [1.807, 2.05) is 0 Å². The van der Waals surface area contributed by atoms with Crippen molar-refractivity contribution in [3.63, 3.8) is 0 Å². The molecule has 0 spiro atoms. The van der Waals surface area contributed by atoms with Crippen LogP contribution in [0.15, 0.2) is 57.6 Å². The molecule has 0 aliphatic heterocycles. The Morgan fingerprint density at radius 1 is 0.938 bits per heavy atom. The zero-order chi connectivity index (χ0) is 22.7. The lowest BCUT2D eigenvalue weighted by Crippen LogP contribution is -2.23. The van der Waals surface area contributed by atoms with E-state index in [9.17, 15) is 26.7 Å². The van der Waals surface area contributed by atoms with Gasteiger partial charge in [0.15, 0.2) is 17.2 Å². The second-order valence-corrected chi connectivity index (χ2v) is 7.24. The van der Waals surface area contributed by atoms with Crippen LogP contribution in [0.2, 0.25) is 0 Å². The van der Waals surface area contributed by atoms with Crippen LogP contribution in [0, 0.1) is 0 Å². The van der Waals surface area contributed by atoms with Crippen molar-refractivity contribution in [2.24, 2.45) is 0 Å². The van der Waals surface area contributed by atoms with Gasteiger partial charge in [0.05, 0.1) is 0 Å². The standard InChI is InChI=1S/C22H11F5N2O3/c23-21(24)9-14-17(13-7-6-11(10-30)8-15(13)21)28-32-20(14)18-16(22(25,26)27)19(31-29-18)12-4-2-1-3-5-12/h1-8,10H,9H2. The highest BCUT2D eigenvalue weighted by atomic mass is 19.4. The van der Waals surface area contributed by atoms with E-state index in [4.69, 9.17) is 9.05 Å². The molecule has 4 aromatic rings. The summed E-state index contributed by atoms with van der Waals surface area (Å²) in [6.07, 6.45) is -5.45. The second-order valence-electron chi connectivity index (χ2n) is 7.24. The summed E-state index contributed by atoms with van der Waals surface area (Å²) < 4.78 is 81.9. The Kier molecular flexibility index (Phi) is 4.30. The van der Waals surface area contributed by atoms with Crippen molar-refractivity contribution in [1.82, 2.24) is 10.3 Å². The third-order valence-corrected chi connectivity index (χ3v) is 5.24. The molecule has 5 rings (SSSR count). The molecule has 0 atom stereocenters. The maximum absolute atomic E-state index is 14.9. The quantitative estimate of drug-likeness (QED) is 0.279. The highest BCUT2D eigenvalue weighted by Crippen LogP contribution is 2.50. The fourth-order valence-electron chi connectivity index (χ4n) is 3.83. The minimum atomic E-state index is -4.91. The number of halogens is 5. The van der Waals surface area contributed by atoms with Gasteiger partial charge >= 0.3 is 6.18 Å². The van der Waals surface area contributed by atoms with Crippen LogP contribution in [0.3, 0.4) is 0 Å². The van der Waals surface area contributed by atoms with Gasteiger partial charge in [-0.2, -0.15) is 13.2 Å². The molecule has 32 heavy (non-hydrogen) atoms. The van der Waals surface area contributed by atoms with Gasteiger partial charge in [-0.1, -0.05) is 52.8 Å². The Morgan fingerprint density at radius 3 is 2.31 bits per heavy atom. The molecular formula is C22H11F5N2O3. The smallest absolute Gasteiger partial charge is 0.355 e. The summed E-state index contributed by atoms with van der Waals surface area (Å²) in [7, 11) is 0. The van der Waals surface area contributed by atoms with E-state index in [-0.39, 0.29) is 27.9 Å². The molecule has 1 aliphatic carbocycles. The number of carbonyl (C=O) groups excluding carboxylic acids is 1. The van der Waals surface area contributed by atoms with Crippen LogP contribution in [0.25, 0.3) is 34.0 Å². The van der Waals surface area contributed by atoms with Gasteiger partial charge in [-0.3, -0.25) is 4.79 Å². The SMILES string of the molecule is O=Cc1ccc2c(c1)C(F)(F)Cc1c-2noc1-c1noc(-c2ccccc2)c1C(F)(F)F. The molecule has 0 N–H and O–H groups in total. The summed E-state index contributed by atoms with van der Waals surface area (Å²) in [6.45, 7) is 0. The summed E-state index contributed by atoms with van der Waals surface area (Å²) >= 11 is 0. The summed E-state index contributed by atoms with van der Waals surface area (Å²) in [5.41, 5.74) is -2.58. The first-order chi connectivity index (χ1) is 15.2. The summed E-state index contributed by atoms with van der Waals surface area (Å²) in [5.74, 6) is -4.56. The summed E-state index contributed by atoms with van der Waals surface area (Å²) in [6, 6.07) is 11.1. The molecule has 0 amide bonds. The first-order valence-corrected chi connectivity index (χ1v) is 9.30. The number of fused-ring (bicyclic) bond motifs is 3. The molecule has 0 saturated heterocycles. The largest absolute Gasteiger partial charge is 0.422 e. The number of aromatic nitrogens is 2. The molecule has 10 heteroatoms. The Balaban J connectivity index is 1.72. The van der Waals surface area contributed by atoms with Crippen LogP contribution in [0.5, 0.6) is 0 Å². The third kappa shape index (κ3) is 3.02. The van der Waals surface area contributed by atoms with E-state index in [1.165, 1.54) is 36.4 Å². The van der Waals surface area contributed by atoms with E-state index in [0.29, 0.717) is 6.29 Å². The molecular weight excluding hydrogens is 435 g/mol. The number of benzene rings is 2. The molecule has 162 valence electrons. The molecule has 0 fully saturated rings. The fraction of sp³-hybridized carbons (Fsp3) is 0.136. The predicted octanol–water partition coefficient (Wildman–Crippen LogP) is 6.14. The Labute approximate surface area is 176 Å². The zero-order valence-corrected chi connectivity index (χ0v) is 15.9. The fourth-order valence-corrected chi connectivity index (χ4v) is 3.83. The lowest BCUT2D eigenvalue weighted by Gasteiger charge is -2.24. The molecule has 2 heterocycles. The number of nitrogens with zero attached hydrogens (tertiary/aromatic N) is 2. The van der Waals surface area contributed by atoms with Gasteiger partial charge in [-0.25, -0.2) is 8.78 Å². The van der Waals surface area contributed by atoms with Crippen molar-refractivity contribution < 1.29 is 35.8 Å². The van der Waals surface area contributed by atoms with Gasteiger partial charge in [0.2, 0.25) is 0 Å². The molecule has 2 aromatic carbocycles. The van der Waals surface area contributed by atoms with E-state index < -0.39 is 46.9 Å². The topological polar surface area (TPSA) is 69.1 Å². The van der Waals surface area contributed by atoms with Crippen molar-refractivity contribution in [2.75, 3.05) is 0 Å². The first-order valence-electron chi connectivity index (χ1n) is 9.30. The van der Waals surface area contributed by atoms with Gasteiger partial charge in [-0.05, 0) is 6.07 Å². The predicted molar refractivity (Wildman–Crippen MR) is 101 cm³/mol. The van der Waals surface area contributed by atoms with Gasteiger partial charge in [0, 0.05) is 34.2 Å². The van der Waals surface area contributed by atoms with Crippen molar-refractivity contribution in [3.8, 4) is 34.0 Å². The van der Waals surface area contributed by atoms with E-state index in [0.717, 1.165) is 6.07 Å². The number of hydrogen-bond donors (Lipinski definition) is 0. The van der Waals surface area contributed by atoms with Gasteiger partial charge in [0.25, 0.3) is 5.92 Å². The molecule has 0 saturated carbocycles. The monoisotopic (exact) mass is 446 g/mol. The average Bonchev–Trinajstić information content (AvgIpc) is 3.38. The number of alkyl halides is 5. The summed E-state index contributed by atoms with van der Waals surface area (Å²) in [5, 5.41) is 7.28. The highest BCUT2D eigenvalue weighted by Gasteiger charge is 2.47. The molecule has 0 bridgehead atoms. The maximum atomic E-state index is 14.9. The Morgan fingerprint density at radius 2 is 1.62 bits per heavy atom. The number of aldehydes is 1. The van der Waals surface area contributed by atoms with Crippen molar-refractivity contribution in [2.45, 2.75) is 18.5 Å². The van der Waals surface area contributed by atoms with E-state index >= 15 is 0 Å². The Bertz CT molecular complexity index is 1340. The van der Waals surface area contributed by atoms with E-state index in [1.54, 1.807) is 6.07 Å². The number of carbonyl (C=O) groups is 1.